The molecule has 0 fully saturated rings. The third-order valence-corrected chi connectivity index (χ3v) is 4.90. The molecule has 1 aromatic carbocycles. The van der Waals surface area contributed by atoms with Gasteiger partial charge < -0.3 is 9.64 Å². The number of fused-ring (bicyclic) bond motifs is 1. The van der Waals surface area contributed by atoms with Crippen LogP contribution in [0.1, 0.15) is 5.69 Å². The van der Waals surface area contributed by atoms with Gasteiger partial charge in [0.1, 0.15) is 5.75 Å². The molecular formula is C15H15N3O4S. The molecule has 8 heteroatoms. The molecule has 0 spiro atoms. The highest BCUT2D eigenvalue weighted by atomic mass is 32.2. The predicted octanol–water partition coefficient (Wildman–Crippen LogP) is 0.915. The Morgan fingerprint density at radius 2 is 2.13 bits per heavy atom. The molecular weight excluding hydrogens is 318 g/mol. The number of nitrogens with zero attached hydrogens (tertiary/aromatic N) is 2. The lowest BCUT2D eigenvalue weighted by Gasteiger charge is -2.26. The van der Waals surface area contributed by atoms with Crippen molar-refractivity contribution in [3.8, 4) is 5.75 Å². The van der Waals surface area contributed by atoms with Gasteiger partial charge in [-0.15, -0.1) is 0 Å². The lowest BCUT2D eigenvalue weighted by Crippen LogP contribution is -2.35. The van der Waals surface area contributed by atoms with Crippen LogP contribution in [0.4, 0.5) is 5.69 Å². The number of amides is 1. The van der Waals surface area contributed by atoms with Crippen LogP contribution < -0.4 is 14.4 Å². The van der Waals surface area contributed by atoms with E-state index in [0.717, 1.165) is 0 Å². The molecule has 1 aliphatic rings. The van der Waals surface area contributed by atoms with Gasteiger partial charge in [0.2, 0.25) is 10.0 Å². The van der Waals surface area contributed by atoms with Crippen molar-refractivity contribution in [2.75, 3.05) is 18.6 Å². The van der Waals surface area contributed by atoms with Gasteiger partial charge >= 0.3 is 0 Å². The summed E-state index contributed by atoms with van der Waals surface area (Å²) in [5, 5.41) is 0. The second kappa shape index (κ2) is 5.98. The summed E-state index contributed by atoms with van der Waals surface area (Å²) < 4.78 is 32.6. The first-order valence-corrected chi connectivity index (χ1v) is 8.39. The van der Waals surface area contributed by atoms with Gasteiger partial charge in [-0.3, -0.25) is 9.78 Å². The van der Waals surface area contributed by atoms with Gasteiger partial charge in [0.05, 0.1) is 22.8 Å². The van der Waals surface area contributed by atoms with Gasteiger partial charge in [0.25, 0.3) is 5.91 Å². The predicted molar refractivity (Wildman–Crippen MR) is 83.6 cm³/mol. The maximum Gasteiger partial charge on any atom is 0.264 e. The first kappa shape index (κ1) is 15.4. The number of sulfonamides is 1. The van der Waals surface area contributed by atoms with E-state index < -0.39 is 10.0 Å². The van der Waals surface area contributed by atoms with Crippen LogP contribution in [0, 0.1) is 0 Å². The molecule has 0 aliphatic carbocycles. The van der Waals surface area contributed by atoms with Gasteiger partial charge in [-0.1, -0.05) is 6.07 Å². The number of anilines is 1. The molecule has 1 amide bonds. The minimum absolute atomic E-state index is 0.0481. The number of nitrogens with one attached hydrogen (secondary N) is 1. The maximum atomic E-state index is 12.4. The lowest BCUT2D eigenvalue weighted by atomic mass is 10.2. The molecule has 23 heavy (non-hydrogen) atoms. The van der Waals surface area contributed by atoms with Crippen LogP contribution in [0.15, 0.2) is 47.5 Å². The second-order valence-electron chi connectivity index (χ2n) is 5.02. The van der Waals surface area contributed by atoms with E-state index >= 15 is 0 Å². The van der Waals surface area contributed by atoms with Gasteiger partial charge in [0.15, 0.2) is 6.61 Å². The Bertz CT molecular complexity index is 837. The van der Waals surface area contributed by atoms with Crippen molar-refractivity contribution >= 4 is 21.6 Å². The van der Waals surface area contributed by atoms with Gasteiger partial charge in [-0.05, 0) is 30.3 Å². The Morgan fingerprint density at radius 3 is 2.87 bits per heavy atom. The van der Waals surface area contributed by atoms with E-state index in [9.17, 15) is 13.2 Å². The fourth-order valence-electron chi connectivity index (χ4n) is 2.17. The number of carbonyl (C=O) groups is 1. The molecule has 0 saturated heterocycles. The van der Waals surface area contributed by atoms with Crippen molar-refractivity contribution in [1.29, 1.82) is 0 Å². The van der Waals surface area contributed by atoms with E-state index in [4.69, 9.17) is 4.74 Å². The number of hydrogen-bond acceptors (Lipinski definition) is 5. The lowest BCUT2D eigenvalue weighted by molar-refractivity contribution is -0.120. The van der Waals surface area contributed by atoms with Crippen molar-refractivity contribution in [3.05, 3.63) is 48.3 Å². The summed E-state index contributed by atoms with van der Waals surface area (Å²) in [4.78, 5) is 17.2. The van der Waals surface area contributed by atoms with Crippen LogP contribution in [-0.4, -0.2) is 33.0 Å². The molecule has 2 heterocycles. The summed E-state index contributed by atoms with van der Waals surface area (Å²) in [6.07, 6.45) is 1.60. The molecule has 120 valence electrons. The quantitative estimate of drug-likeness (QED) is 0.899. The Hall–Kier alpha value is -2.45. The van der Waals surface area contributed by atoms with Crippen LogP contribution in [0.5, 0.6) is 5.75 Å². The zero-order valence-electron chi connectivity index (χ0n) is 12.4. The average molecular weight is 333 g/mol. The minimum atomic E-state index is -3.72. The molecule has 1 aromatic heterocycles. The van der Waals surface area contributed by atoms with Crippen molar-refractivity contribution in [2.45, 2.75) is 11.4 Å². The number of carbonyl (C=O) groups excluding carboxylic acids is 1. The number of aromatic nitrogens is 1. The molecule has 7 nitrogen and oxygen atoms in total. The first-order chi connectivity index (χ1) is 11.0. The van der Waals surface area contributed by atoms with E-state index in [1.807, 2.05) is 0 Å². The number of rotatable bonds is 4. The number of likely N-dealkylation sites (N-methyl/N-ethyl adjacent to an activating group) is 1. The van der Waals surface area contributed by atoms with E-state index in [1.165, 1.54) is 17.0 Å². The zero-order valence-corrected chi connectivity index (χ0v) is 13.2. The maximum absolute atomic E-state index is 12.4. The zero-order chi connectivity index (χ0) is 16.4. The Balaban J connectivity index is 1.84. The van der Waals surface area contributed by atoms with Crippen molar-refractivity contribution in [1.82, 2.24) is 9.71 Å². The second-order valence-corrected chi connectivity index (χ2v) is 6.78. The highest BCUT2D eigenvalue weighted by molar-refractivity contribution is 7.89. The number of hydrogen-bond donors (Lipinski definition) is 1. The first-order valence-electron chi connectivity index (χ1n) is 6.90. The molecule has 0 bridgehead atoms. The molecule has 0 unspecified atom stereocenters. The van der Waals surface area contributed by atoms with Gasteiger partial charge in [0, 0.05) is 13.2 Å². The van der Waals surface area contributed by atoms with Crippen molar-refractivity contribution < 1.29 is 17.9 Å². The van der Waals surface area contributed by atoms with E-state index in [1.54, 1.807) is 37.5 Å². The van der Waals surface area contributed by atoms with E-state index in [0.29, 0.717) is 17.1 Å². The van der Waals surface area contributed by atoms with Crippen LogP contribution in [0.3, 0.4) is 0 Å². The molecule has 0 atom stereocenters. The third kappa shape index (κ3) is 3.17. The largest absolute Gasteiger partial charge is 0.482 e. The van der Waals surface area contributed by atoms with Gasteiger partial charge in [-0.25, -0.2) is 13.1 Å². The molecule has 0 saturated carbocycles. The Kier molecular flexibility index (Phi) is 4.01. The summed E-state index contributed by atoms with van der Waals surface area (Å²) >= 11 is 0. The summed E-state index contributed by atoms with van der Waals surface area (Å²) in [5.74, 6) is 0.254. The van der Waals surface area contributed by atoms with Crippen molar-refractivity contribution in [2.24, 2.45) is 0 Å². The summed E-state index contributed by atoms with van der Waals surface area (Å²) in [7, 11) is -2.13. The monoisotopic (exact) mass is 333 g/mol. The summed E-state index contributed by atoms with van der Waals surface area (Å²) in [6.45, 7) is 0.0407. The SMILES string of the molecule is CN1C(=O)COc2ccc(S(=O)(=O)NCc3ccccn3)cc21. The normalized spacial score (nSPS) is 14.3. The molecule has 1 aliphatic heterocycles. The van der Waals surface area contributed by atoms with Gasteiger partial charge in [-0.2, -0.15) is 0 Å². The van der Waals surface area contributed by atoms with E-state index in [2.05, 4.69) is 9.71 Å². The number of pyridine rings is 1. The fourth-order valence-corrected chi connectivity index (χ4v) is 3.19. The molecule has 2 aromatic rings. The highest BCUT2D eigenvalue weighted by Crippen LogP contribution is 2.33. The van der Waals surface area contributed by atoms with Crippen LogP contribution >= 0.6 is 0 Å². The van der Waals surface area contributed by atoms with Crippen LogP contribution in [-0.2, 0) is 21.4 Å². The number of ether oxygens (including phenoxy) is 1. The Labute approximate surface area is 134 Å². The van der Waals surface area contributed by atoms with Crippen LogP contribution in [0.25, 0.3) is 0 Å². The smallest absolute Gasteiger partial charge is 0.264 e. The minimum Gasteiger partial charge on any atom is -0.482 e. The molecule has 3 rings (SSSR count). The highest BCUT2D eigenvalue weighted by Gasteiger charge is 2.25. The third-order valence-electron chi connectivity index (χ3n) is 3.50. The summed E-state index contributed by atoms with van der Waals surface area (Å²) in [5.41, 5.74) is 1.05. The van der Waals surface area contributed by atoms with E-state index in [-0.39, 0.29) is 24.0 Å². The molecule has 1 N–H and O–H groups in total. The summed E-state index contributed by atoms with van der Waals surface area (Å²) in [6, 6.07) is 9.70. The standard InChI is InChI=1S/C15H15N3O4S/c1-18-13-8-12(5-6-14(13)22-10-15(18)19)23(20,21)17-9-11-4-2-3-7-16-11/h2-8,17H,9-10H2,1H3. The molecule has 0 radical (unpaired) electrons. The van der Waals surface area contributed by atoms with Crippen molar-refractivity contribution in [3.63, 3.8) is 0 Å². The van der Waals surface area contributed by atoms with Crippen LogP contribution in [0.2, 0.25) is 0 Å². The Morgan fingerprint density at radius 1 is 1.30 bits per heavy atom. The average Bonchev–Trinajstić information content (AvgIpc) is 2.57. The topological polar surface area (TPSA) is 88.6 Å². The fraction of sp³-hybridized carbons (Fsp3) is 0.200. The number of benzene rings is 1.